The summed E-state index contributed by atoms with van der Waals surface area (Å²) in [5.74, 6) is 6.52. The second-order valence-corrected chi connectivity index (χ2v) is 8.03. The molecule has 4 unspecified atom stereocenters. The van der Waals surface area contributed by atoms with Crippen molar-refractivity contribution in [1.29, 1.82) is 0 Å². The van der Waals surface area contributed by atoms with Crippen LogP contribution >= 0.6 is 0 Å². The van der Waals surface area contributed by atoms with Crippen molar-refractivity contribution in [3.63, 3.8) is 0 Å². The molecule has 118 valence electrons. The van der Waals surface area contributed by atoms with E-state index in [1.54, 1.807) is 44.9 Å². The summed E-state index contributed by atoms with van der Waals surface area (Å²) in [4.78, 5) is 0. The molecular weight excluding hydrogens is 240 g/mol. The summed E-state index contributed by atoms with van der Waals surface area (Å²) < 4.78 is 0. The van der Waals surface area contributed by atoms with Crippen molar-refractivity contribution >= 4 is 0 Å². The van der Waals surface area contributed by atoms with E-state index < -0.39 is 0 Å². The maximum atomic E-state index is 2.48. The van der Waals surface area contributed by atoms with Gasteiger partial charge in [0, 0.05) is 0 Å². The van der Waals surface area contributed by atoms with E-state index in [1.165, 1.54) is 19.3 Å². The average molecular weight is 279 g/mol. The molecule has 0 aromatic rings. The van der Waals surface area contributed by atoms with Crippen LogP contribution in [0.15, 0.2) is 0 Å². The summed E-state index contributed by atoms with van der Waals surface area (Å²) in [7, 11) is 0. The van der Waals surface area contributed by atoms with E-state index >= 15 is 0 Å². The first-order chi connectivity index (χ1) is 9.72. The Balaban J connectivity index is 0.000000704. The molecule has 20 heavy (non-hydrogen) atoms. The maximum Gasteiger partial charge on any atom is -0.0383 e. The van der Waals surface area contributed by atoms with Crippen molar-refractivity contribution in [3.8, 4) is 0 Å². The van der Waals surface area contributed by atoms with Gasteiger partial charge in [-0.2, -0.15) is 0 Å². The summed E-state index contributed by atoms with van der Waals surface area (Å²) in [5.41, 5.74) is 0. The van der Waals surface area contributed by atoms with Crippen LogP contribution in [0.4, 0.5) is 0 Å². The Labute approximate surface area is 128 Å². The summed E-state index contributed by atoms with van der Waals surface area (Å²) in [6, 6.07) is 0. The summed E-state index contributed by atoms with van der Waals surface area (Å²) in [5, 5.41) is 0. The number of hydrogen-bond acceptors (Lipinski definition) is 0. The molecule has 0 nitrogen and oxygen atoms in total. The molecule has 0 saturated heterocycles. The van der Waals surface area contributed by atoms with E-state index in [0.29, 0.717) is 0 Å². The fraction of sp³-hybridized carbons (Fsp3) is 1.00. The first kappa shape index (κ1) is 16.4. The highest BCUT2D eigenvalue weighted by Crippen LogP contribution is 2.48. The molecule has 0 N–H and O–H groups in total. The Bertz CT molecular complexity index is 258. The van der Waals surface area contributed by atoms with Gasteiger partial charge in [0.1, 0.15) is 0 Å². The second kappa shape index (κ2) is 7.85. The van der Waals surface area contributed by atoms with Gasteiger partial charge in [-0.3, -0.25) is 0 Å². The maximum absolute atomic E-state index is 2.48. The van der Waals surface area contributed by atoms with Crippen LogP contribution in [-0.4, -0.2) is 0 Å². The summed E-state index contributed by atoms with van der Waals surface area (Å²) >= 11 is 0. The van der Waals surface area contributed by atoms with Crippen molar-refractivity contribution in [1.82, 2.24) is 0 Å². The van der Waals surface area contributed by atoms with Gasteiger partial charge in [0.05, 0.1) is 0 Å². The average Bonchev–Trinajstić information content (AvgIpc) is 2.49. The van der Waals surface area contributed by atoms with Gasteiger partial charge < -0.3 is 0 Å². The van der Waals surface area contributed by atoms with Gasteiger partial charge in [0.15, 0.2) is 0 Å². The molecule has 0 aromatic heterocycles. The van der Waals surface area contributed by atoms with Gasteiger partial charge >= 0.3 is 0 Å². The first-order valence-electron chi connectivity index (χ1n) is 9.72. The molecule has 0 aromatic carbocycles. The third-order valence-corrected chi connectivity index (χ3v) is 6.64. The lowest BCUT2D eigenvalue weighted by molar-refractivity contribution is 0.0646. The van der Waals surface area contributed by atoms with Crippen molar-refractivity contribution < 1.29 is 0 Å². The van der Waals surface area contributed by atoms with E-state index in [-0.39, 0.29) is 0 Å². The monoisotopic (exact) mass is 278 g/mol. The number of hydrogen-bond donors (Lipinski definition) is 0. The molecule has 3 saturated carbocycles. The van der Waals surface area contributed by atoms with E-state index in [4.69, 9.17) is 0 Å². The minimum Gasteiger partial charge on any atom is -0.0683 e. The van der Waals surface area contributed by atoms with Crippen LogP contribution in [0.5, 0.6) is 0 Å². The third-order valence-electron chi connectivity index (χ3n) is 6.64. The molecule has 0 bridgehead atoms. The lowest BCUT2D eigenvalue weighted by Gasteiger charge is -2.44. The second-order valence-electron chi connectivity index (χ2n) is 8.03. The Morgan fingerprint density at radius 2 is 0.850 bits per heavy atom. The SMILES string of the molecule is CC.CC1CCC(C2CCC3CC(C)CCC3C2)CC1. The first-order valence-corrected chi connectivity index (χ1v) is 9.72. The molecule has 0 amide bonds. The van der Waals surface area contributed by atoms with Crippen LogP contribution in [0.25, 0.3) is 0 Å². The van der Waals surface area contributed by atoms with E-state index in [1.807, 2.05) is 13.8 Å². The summed E-state index contributed by atoms with van der Waals surface area (Å²) in [6.45, 7) is 8.93. The van der Waals surface area contributed by atoms with E-state index in [9.17, 15) is 0 Å². The molecule has 0 heteroatoms. The van der Waals surface area contributed by atoms with Gasteiger partial charge in [0.25, 0.3) is 0 Å². The fourth-order valence-electron chi connectivity index (χ4n) is 5.35. The molecule has 3 aliphatic rings. The highest BCUT2D eigenvalue weighted by Gasteiger charge is 2.37. The molecule has 3 rings (SSSR count). The van der Waals surface area contributed by atoms with Crippen molar-refractivity contribution in [2.24, 2.45) is 35.5 Å². The van der Waals surface area contributed by atoms with Gasteiger partial charge in [-0.05, 0) is 80.5 Å². The number of rotatable bonds is 1. The molecule has 3 fully saturated rings. The highest BCUT2D eigenvalue weighted by atomic mass is 14.4. The standard InChI is InChI=1S/C18H32.C2H6/c1-13-3-6-15(7-4-13)17-10-9-16-11-14(2)5-8-18(16)12-17;1-2/h13-18H,3-12H2,1-2H3;1-2H3. The predicted octanol–water partition coefficient (Wildman–Crippen LogP) is 6.69. The lowest BCUT2D eigenvalue weighted by atomic mass is 9.61. The predicted molar refractivity (Wildman–Crippen MR) is 89.8 cm³/mol. The van der Waals surface area contributed by atoms with Crippen LogP contribution in [0, 0.1) is 35.5 Å². The van der Waals surface area contributed by atoms with Crippen molar-refractivity contribution in [2.75, 3.05) is 0 Å². The zero-order valence-corrected chi connectivity index (χ0v) is 14.5. The highest BCUT2D eigenvalue weighted by molar-refractivity contribution is 4.88. The van der Waals surface area contributed by atoms with E-state index in [0.717, 1.165) is 35.5 Å². The van der Waals surface area contributed by atoms with Gasteiger partial charge in [-0.15, -0.1) is 0 Å². The zero-order valence-electron chi connectivity index (χ0n) is 14.5. The minimum absolute atomic E-state index is 1.02. The van der Waals surface area contributed by atoms with Crippen LogP contribution < -0.4 is 0 Å². The molecule has 3 aliphatic carbocycles. The minimum atomic E-state index is 1.02. The van der Waals surface area contributed by atoms with Crippen molar-refractivity contribution in [2.45, 2.75) is 91.9 Å². The molecule has 0 heterocycles. The normalized spacial score (nSPS) is 45.0. The Hall–Kier alpha value is 0. The van der Waals surface area contributed by atoms with Gasteiger partial charge in [0.2, 0.25) is 0 Å². The Kier molecular flexibility index (Phi) is 6.43. The largest absolute Gasteiger partial charge is 0.0683 e. The van der Waals surface area contributed by atoms with Crippen LogP contribution in [0.1, 0.15) is 91.9 Å². The van der Waals surface area contributed by atoms with Crippen molar-refractivity contribution in [3.05, 3.63) is 0 Å². The molecular formula is C20H38. The summed E-state index contributed by atoms with van der Waals surface area (Å²) in [6.07, 6.45) is 15.5. The zero-order chi connectivity index (χ0) is 14.5. The molecule has 0 spiro atoms. The molecule has 0 aliphatic heterocycles. The molecule has 4 atom stereocenters. The third kappa shape index (κ3) is 4.01. The Morgan fingerprint density at radius 1 is 0.450 bits per heavy atom. The lowest BCUT2D eigenvalue weighted by Crippen LogP contribution is -2.34. The van der Waals surface area contributed by atoms with Gasteiger partial charge in [-0.25, -0.2) is 0 Å². The van der Waals surface area contributed by atoms with Crippen LogP contribution in [-0.2, 0) is 0 Å². The van der Waals surface area contributed by atoms with E-state index in [2.05, 4.69) is 13.8 Å². The Morgan fingerprint density at radius 3 is 1.50 bits per heavy atom. The molecule has 0 radical (unpaired) electrons. The topological polar surface area (TPSA) is 0 Å². The van der Waals surface area contributed by atoms with Gasteiger partial charge in [-0.1, -0.05) is 47.0 Å². The number of fused-ring (bicyclic) bond motifs is 1. The quantitative estimate of drug-likeness (QED) is 0.501. The van der Waals surface area contributed by atoms with Crippen LogP contribution in [0.2, 0.25) is 0 Å². The fourth-order valence-corrected chi connectivity index (χ4v) is 5.35. The smallest absolute Gasteiger partial charge is 0.0383 e. The van der Waals surface area contributed by atoms with Crippen LogP contribution in [0.3, 0.4) is 0 Å².